The van der Waals surface area contributed by atoms with E-state index in [4.69, 9.17) is 37.0 Å². The molecule has 0 spiro atoms. The lowest BCUT2D eigenvalue weighted by molar-refractivity contribution is -0.161. The largest absolute Gasteiger partial charge is 0.472 e. The van der Waals surface area contributed by atoms with Gasteiger partial charge >= 0.3 is 39.5 Å². The fourth-order valence-electron chi connectivity index (χ4n) is 9.75. The molecule has 0 aliphatic rings. The molecule has 0 aliphatic heterocycles. The molecular formula is C81H136O17P2. The quantitative estimate of drug-likeness (QED) is 0.0169. The third-order valence-corrected chi connectivity index (χ3v) is 17.5. The second-order valence-corrected chi connectivity index (χ2v) is 28.1. The predicted molar refractivity (Wildman–Crippen MR) is 408 cm³/mol. The number of rotatable bonds is 71. The van der Waals surface area contributed by atoms with Crippen LogP contribution in [0.1, 0.15) is 297 Å². The van der Waals surface area contributed by atoms with Crippen molar-refractivity contribution in [3.63, 3.8) is 0 Å². The third kappa shape index (κ3) is 71.6. The summed E-state index contributed by atoms with van der Waals surface area (Å²) in [5.41, 5.74) is 0. The van der Waals surface area contributed by atoms with E-state index in [1.165, 1.54) is 51.4 Å². The van der Waals surface area contributed by atoms with Crippen LogP contribution in [0, 0.1) is 0 Å². The Morgan fingerprint density at radius 3 is 0.840 bits per heavy atom. The zero-order chi connectivity index (χ0) is 73.2. The Labute approximate surface area is 605 Å². The fourth-order valence-corrected chi connectivity index (χ4v) is 11.3. The van der Waals surface area contributed by atoms with Crippen LogP contribution in [0.5, 0.6) is 0 Å². The first-order chi connectivity index (χ1) is 48.7. The normalized spacial score (nSPS) is 14.7. The Hall–Kier alpha value is -4.80. The first-order valence-corrected chi connectivity index (χ1v) is 41.4. The standard InChI is InChI=1S/C81H136O17P2/c1-5-9-13-17-21-25-29-33-35-36-37-38-40-44-46-50-54-58-62-66-79(84)92-72-77(98-81(86)68-64-60-56-52-48-42-32-28-24-20-16-12-8-4)74-96-100(89,90)94-70-75(82)69-93-99(87,88)95-73-76(97-80(85)67-63-59-55-51-47-41-31-27-23-19-15-11-7-3)71-91-78(83)65-61-57-53-49-45-43-39-34-30-26-22-18-14-10-6-2/h9-10,13-14,21-22,25-28,31-35,37-39,44-46,49,75-77,82H,5-8,11-12,15-20,23-24,29-30,36,40-43,47-48,50-74H2,1-4H3,(H,87,88)(H,89,90)/b13-9-,14-10-,25-21-,26-22-,31-27-,32-28-,35-33-,38-37-,39-34-,46-44-,49-45-. The van der Waals surface area contributed by atoms with Gasteiger partial charge in [0.25, 0.3) is 0 Å². The van der Waals surface area contributed by atoms with E-state index < -0.39 is 97.5 Å². The molecule has 0 radical (unpaired) electrons. The molecule has 0 fully saturated rings. The van der Waals surface area contributed by atoms with Gasteiger partial charge in [0, 0.05) is 25.7 Å². The highest BCUT2D eigenvalue weighted by atomic mass is 31.2. The molecule has 0 aromatic carbocycles. The van der Waals surface area contributed by atoms with Crippen LogP contribution in [-0.2, 0) is 65.4 Å². The Balaban J connectivity index is 5.41. The Morgan fingerprint density at radius 2 is 0.520 bits per heavy atom. The summed E-state index contributed by atoms with van der Waals surface area (Å²) in [4.78, 5) is 72.8. The van der Waals surface area contributed by atoms with Crippen LogP contribution in [0.25, 0.3) is 0 Å². The lowest BCUT2D eigenvalue weighted by Gasteiger charge is -2.21. The molecule has 5 atom stereocenters. The van der Waals surface area contributed by atoms with E-state index in [1.54, 1.807) is 0 Å². The maximum absolute atomic E-state index is 13.1. The first kappa shape index (κ1) is 95.2. The van der Waals surface area contributed by atoms with Gasteiger partial charge in [-0.2, -0.15) is 0 Å². The highest BCUT2D eigenvalue weighted by Gasteiger charge is 2.30. The lowest BCUT2D eigenvalue weighted by Crippen LogP contribution is -2.30. The van der Waals surface area contributed by atoms with Crippen molar-refractivity contribution in [1.29, 1.82) is 0 Å². The van der Waals surface area contributed by atoms with Gasteiger partial charge in [-0.1, -0.05) is 245 Å². The molecule has 0 saturated carbocycles. The number of hydrogen-bond donors (Lipinski definition) is 3. The lowest BCUT2D eigenvalue weighted by atomic mass is 10.1. The number of phosphoric ester groups is 2. The van der Waals surface area contributed by atoms with Crippen LogP contribution >= 0.6 is 15.6 Å². The summed E-state index contributed by atoms with van der Waals surface area (Å²) >= 11 is 0. The number of ether oxygens (including phenoxy) is 4. The third-order valence-electron chi connectivity index (χ3n) is 15.6. The van der Waals surface area contributed by atoms with E-state index in [0.29, 0.717) is 25.7 Å². The smallest absolute Gasteiger partial charge is 0.462 e. The van der Waals surface area contributed by atoms with Crippen molar-refractivity contribution in [3.05, 3.63) is 134 Å². The minimum atomic E-state index is -4.99. The summed E-state index contributed by atoms with van der Waals surface area (Å²) in [7, 11) is -9.98. The summed E-state index contributed by atoms with van der Waals surface area (Å²) in [6.07, 6.45) is 80.2. The van der Waals surface area contributed by atoms with Gasteiger partial charge in [0.15, 0.2) is 12.2 Å². The minimum absolute atomic E-state index is 0.0724. The number of aliphatic hydroxyl groups excluding tert-OH is 1. The molecule has 0 aromatic heterocycles. The number of hydrogen-bond acceptors (Lipinski definition) is 15. The molecule has 0 amide bonds. The monoisotopic (exact) mass is 1440 g/mol. The molecular weight excluding hydrogens is 1310 g/mol. The van der Waals surface area contributed by atoms with Crippen molar-refractivity contribution in [3.8, 4) is 0 Å². The van der Waals surface area contributed by atoms with Crippen molar-refractivity contribution in [2.75, 3.05) is 39.6 Å². The van der Waals surface area contributed by atoms with Crippen LogP contribution in [-0.4, -0.2) is 96.7 Å². The van der Waals surface area contributed by atoms with E-state index in [-0.39, 0.29) is 25.7 Å². The number of unbranched alkanes of at least 4 members (excludes halogenated alkanes) is 23. The Kier molecular flexibility index (Phi) is 69.1. The SMILES string of the molecule is CC/C=C\C/C=C\C/C=C\C/C=C\C/C=C\CCCCCC(=O)OCC(COP(=O)(O)OCC(O)COP(=O)(O)OCC(COC(=O)CCCC/C=C\C/C=C\C/C=C\C/C=C\CC)OC(=O)CCCCCCC/C=C\CCCCCC)OC(=O)CCCCCCC/C=C\CCCCCC. The predicted octanol–water partition coefficient (Wildman–Crippen LogP) is 22.1. The topological polar surface area (TPSA) is 237 Å². The minimum Gasteiger partial charge on any atom is -0.462 e. The molecule has 5 unspecified atom stereocenters. The zero-order valence-corrected chi connectivity index (χ0v) is 64.1. The molecule has 0 saturated heterocycles. The molecule has 100 heavy (non-hydrogen) atoms. The van der Waals surface area contributed by atoms with Gasteiger partial charge in [-0.05, 0) is 161 Å². The zero-order valence-electron chi connectivity index (χ0n) is 62.3. The van der Waals surface area contributed by atoms with Crippen molar-refractivity contribution >= 4 is 39.5 Å². The van der Waals surface area contributed by atoms with Gasteiger partial charge in [-0.15, -0.1) is 0 Å². The van der Waals surface area contributed by atoms with Crippen molar-refractivity contribution < 1.29 is 80.2 Å². The van der Waals surface area contributed by atoms with Crippen LogP contribution < -0.4 is 0 Å². The highest BCUT2D eigenvalue weighted by molar-refractivity contribution is 7.47. The number of esters is 4. The summed E-state index contributed by atoms with van der Waals surface area (Å²) in [6.45, 7) is 4.50. The average molecular weight is 1440 g/mol. The van der Waals surface area contributed by atoms with Gasteiger partial charge in [0.2, 0.25) is 0 Å². The van der Waals surface area contributed by atoms with Gasteiger partial charge in [0.05, 0.1) is 26.4 Å². The molecule has 0 aliphatic carbocycles. The van der Waals surface area contributed by atoms with Gasteiger partial charge in [0.1, 0.15) is 19.3 Å². The molecule has 0 heterocycles. The highest BCUT2D eigenvalue weighted by Crippen LogP contribution is 2.45. The van der Waals surface area contributed by atoms with Gasteiger partial charge in [-0.3, -0.25) is 37.3 Å². The average Bonchev–Trinajstić information content (AvgIpc) is 0.935. The number of allylic oxidation sites excluding steroid dienone is 22. The maximum Gasteiger partial charge on any atom is 0.472 e. The molecule has 0 aromatic rings. The summed E-state index contributed by atoms with van der Waals surface area (Å²) in [6, 6.07) is 0. The van der Waals surface area contributed by atoms with Crippen molar-refractivity contribution in [2.45, 2.75) is 316 Å². The van der Waals surface area contributed by atoms with E-state index in [0.717, 1.165) is 167 Å². The van der Waals surface area contributed by atoms with Crippen molar-refractivity contribution in [2.24, 2.45) is 0 Å². The summed E-state index contributed by atoms with van der Waals surface area (Å²) in [5.74, 6) is -2.28. The first-order valence-electron chi connectivity index (χ1n) is 38.4. The van der Waals surface area contributed by atoms with Gasteiger partial charge < -0.3 is 33.8 Å². The number of aliphatic hydroxyl groups is 1. The van der Waals surface area contributed by atoms with Gasteiger partial charge in [-0.25, -0.2) is 9.13 Å². The van der Waals surface area contributed by atoms with E-state index in [9.17, 15) is 43.2 Å². The number of carbonyl (C=O) groups excluding carboxylic acids is 4. The van der Waals surface area contributed by atoms with Crippen LogP contribution in [0.4, 0.5) is 0 Å². The van der Waals surface area contributed by atoms with E-state index >= 15 is 0 Å². The molecule has 17 nitrogen and oxygen atoms in total. The second-order valence-electron chi connectivity index (χ2n) is 25.2. The molecule has 0 bridgehead atoms. The second kappa shape index (κ2) is 72.5. The van der Waals surface area contributed by atoms with Crippen LogP contribution in [0.3, 0.4) is 0 Å². The Morgan fingerprint density at radius 1 is 0.290 bits per heavy atom. The molecule has 572 valence electrons. The molecule has 3 N–H and O–H groups in total. The van der Waals surface area contributed by atoms with E-state index in [2.05, 4.69) is 161 Å². The van der Waals surface area contributed by atoms with Crippen LogP contribution in [0.2, 0.25) is 0 Å². The number of phosphoric acid groups is 2. The fraction of sp³-hybridized carbons (Fsp3) is 0.679. The summed E-state index contributed by atoms with van der Waals surface area (Å²) < 4.78 is 68.4. The van der Waals surface area contributed by atoms with Crippen molar-refractivity contribution in [1.82, 2.24) is 0 Å². The van der Waals surface area contributed by atoms with Crippen LogP contribution in [0.15, 0.2) is 134 Å². The Bertz CT molecular complexity index is 2420. The number of carbonyl (C=O) groups is 4. The molecule has 0 rings (SSSR count). The summed E-state index contributed by atoms with van der Waals surface area (Å²) in [5, 5.41) is 10.6. The van der Waals surface area contributed by atoms with E-state index in [1.807, 2.05) is 0 Å². The maximum atomic E-state index is 13.1. The molecule has 19 heteroatoms.